The Bertz CT molecular complexity index is 679. The fraction of sp³-hybridized carbons (Fsp3) is 0.471. The van der Waals surface area contributed by atoms with Crippen LogP contribution in [0.5, 0.6) is 0 Å². The average molecular weight is 322 g/mol. The van der Waals surface area contributed by atoms with E-state index >= 15 is 0 Å². The number of amides is 1. The Morgan fingerprint density at radius 1 is 1.43 bits per heavy atom. The zero-order valence-electron chi connectivity index (χ0n) is 12.5. The maximum absolute atomic E-state index is 12.9. The molecule has 2 heterocycles. The van der Waals surface area contributed by atoms with E-state index in [1.165, 1.54) is 23.3 Å². The molecule has 0 bridgehead atoms. The first kappa shape index (κ1) is 14.9. The molecule has 1 aliphatic rings. The number of nitrogens with zero attached hydrogens (tertiary/aromatic N) is 1. The van der Waals surface area contributed by atoms with Gasteiger partial charge in [0.1, 0.15) is 4.88 Å². The van der Waals surface area contributed by atoms with Crippen LogP contribution in [-0.4, -0.2) is 23.4 Å². The van der Waals surface area contributed by atoms with E-state index in [9.17, 15) is 4.79 Å². The van der Waals surface area contributed by atoms with Gasteiger partial charge in [-0.05, 0) is 44.2 Å². The maximum Gasteiger partial charge on any atom is 0.265 e. The standard InChI is InChI=1S/C17H20ClNOS/c1-3-12-6-4-5-9-19(12)17(20)16-15(18)13-8-7-11(2)10-14(13)21-16/h7-8,10,12H,3-6,9H2,1-2H3/t12-/m0/s1. The Labute approximate surface area is 134 Å². The molecule has 1 aromatic heterocycles. The highest BCUT2D eigenvalue weighted by Gasteiger charge is 2.29. The lowest BCUT2D eigenvalue weighted by Gasteiger charge is -2.35. The van der Waals surface area contributed by atoms with E-state index in [0.29, 0.717) is 15.9 Å². The van der Waals surface area contributed by atoms with E-state index < -0.39 is 0 Å². The first-order valence-corrected chi connectivity index (χ1v) is 8.81. The summed E-state index contributed by atoms with van der Waals surface area (Å²) >= 11 is 8.01. The molecule has 1 saturated heterocycles. The second-order valence-corrected chi connectivity index (χ2v) is 7.23. The zero-order chi connectivity index (χ0) is 15.0. The van der Waals surface area contributed by atoms with Gasteiger partial charge in [0.15, 0.2) is 0 Å². The highest BCUT2D eigenvalue weighted by atomic mass is 35.5. The zero-order valence-corrected chi connectivity index (χ0v) is 14.1. The van der Waals surface area contributed by atoms with Crippen LogP contribution < -0.4 is 0 Å². The van der Waals surface area contributed by atoms with Gasteiger partial charge in [-0.15, -0.1) is 11.3 Å². The summed E-state index contributed by atoms with van der Waals surface area (Å²) in [4.78, 5) is 15.6. The number of fused-ring (bicyclic) bond motifs is 1. The van der Waals surface area contributed by atoms with Crippen molar-refractivity contribution in [2.75, 3.05) is 6.54 Å². The summed E-state index contributed by atoms with van der Waals surface area (Å²) in [5.41, 5.74) is 1.20. The van der Waals surface area contributed by atoms with Crippen LogP contribution in [0.2, 0.25) is 5.02 Å². The number of rotatable bonds is 2. The predicted octanol–water partition coefficient (Wildman–Crippen LogP) is 5.27. The van der Waals surface area contributed by atoms with E-state index in [-0.39, 0.29) is 5.91 Å². The molecule has 0 saturated carbocycles. The first-order chi connectivity index (χ1) is 10.1. The van der Waals surface area contributed by atoms with Gasteiger partial charge in [0.25, 0.3) is 5.91 Å². The van der Waals surface area contributed by atoms with Gasteiger partial charge in [0.2, 0.25) is 0 Å². The molecule has 1 aliphatic heterocycles. The van der Waals surface area contributed by atoms with Gasteiger partial charge < -0.3 is 4.90 Å². The third-order valence-electron chi connectivity index (χ3n) is 4.34. The molecule has 0 spiro atoms. The van der Waals surface area contributed by atoms with E-state index in [0.717, 1.165) is 35.9 Å². The van der Waals surface area contributed by atoms with Gasteiger partial charge in [-0.25, -0.2) is 0 Å². The summed E-state index contributed by atoms with van der Waals surface area (Å²) in [6.07, 6.45) is 4.46. The van der Waals surface area contributed by atoms with Gasteiger partial charge >= 0.3 is 0 Å². The molecule has 2 aromatic rings. The number of benzene rings is 1. The second-order valence-electron chi connectivity index (χ2n) is 5.80. The van der Waals surface area contributed by atoms with Crippen LogP contribution in [0, 0.1) is 6.92 Å². The highest BCUT2D eigenvalue weighted by Crippen LogP contribution is 2.37. The molecule has 2 nitrogen and oxygen atoms in total. The molecule has 112 valence electrons. The van der Waals surface area contributed by atoms with Crippen LogP contribution in [0.15, 0.2) is 18.2 Å². The Kier molecular flexibility index (Phi) is 4.23. The van der Waals surface area contributed by atoms with Crippen LogP contribution in [0.1, 0.15) is 47.8 Å². The highest BCUT2D eigenvalue weighted by molar-refractivity contribution is 7.21. The molecule has 1 amide bonds. The fourth-order valence-electron chi connectivity index (χ4n) is 3.13. The van der Waals surface area contributed by atoms with Gasteiger partial charge in [-0.3, -0.25) is 4.79 Å². The van der Waals surface area contributed by atoms with Crippen LogP contribution in [-0.2, 0) is 0 Å². The Balaban J connectivity index is 1.99. The largest absolute Gasteiger partial charge is 0.335 e. The number of hydrogen-bond acceptors (Lipinski definition) is 2. The van der Waals surface area contributed by atoms with Crippen LogP contribution in [0.3, 0.4) is 0 Å². The number of likely N-dealkylation sites (tertiary alicyclic amines) is 1. The lowest BCUT2D eigenvalue weighted by Crippen LogP contribution is -2.43. The van der Waals surface area contributed by atoms with Crippen molar-refractivity contribution in [3.05, 3.63) is 33.7 Å². The van der Waals surface area contributed by atoms with Crippen molar-refractivity contribution in [2.24, 2.45) is 0 Å². The Morgan fingerprint density at radius 3 is 3.00 bits per heavy atom. The van der Waals surface area contributed by atoms with E-state index in [4.69, 9.17) is 11.6 Å². The van der Waals surface area contributed by atoms with Gasteiger partial charge in [0, 0.05) is 22.7 Å². The summed E-state index contributed by atoms with van der Waals surface area (Å²) in [5, 5.41) is 1.63. The number of thiophene rings is 1. The van der Waals surface area contributed by atoms with Crippen molar-refractivity contribution >= 4 is 38.9 Å². The number of aryl methyl sites for hydroxylation is 1. The molecule has 3 rings (SSSR count). The maximum atomic E-state index is 12.9. The molecule has 21 heavy (non-hydrogen) atoms. The van der Waals surface area contributed by atoms with Crippen molar-refractivity contribution in [3.63, 3.8) is 0 Å². The summed E-state index contributed by atoms with van der Waals surface area (Å²) in [5.74, 6) is 0.116. The molecule has 1 aromatic carbocycles. The first-order valence-electron chi connectivity index (χ1n) is 7.61. The van der Waals surface area contributed by atoms with Gasteiger partial charge in [-0.1, -0.05) is 30.7 Å². The molecule has 1 fully saturated rings. The van der Waals surface area contributed by atoms with Crippen molar-refractivity contribution in [2.45, 2.75) is 45.6 Å². The number of piperidine rings is 1. The third kappa shape index (κ3) is 2.69. The Morgan fingerprint density at radius 2 is 2.24 bits per heavy atom. The fourth-order valence-corrected chi connectivity index (χ4v) is 4.70. The molecule has 0 radical (unpaired) electrons. The van der Waals surface area contributed by atoms with Crippen molar-refractivity contribution < 1.29 is 4.79 Å². The summed E-state index contributed by atoms with van der Waals surface area (Å²) in [6.45, 7) is 5.08. The summed E-state index contributed by atoms with van der Waals surface area (Å²) in [6, 6.07) is 6.55. The van der Waals surface area contributed by atoms with E-state index in [2.05, 4.69) is 19.9 Å². The molecule has 0 unspecified atom stereocenters. The minimum Gasteiger partial charge on any atom is -0.335 e. The monoisotopic (exact) mass is 321 g/mol. The number of carbonyl (C=O) groups excluding carboxylic acids is 1. The van der Waals surface area contributed by atoms with E-state index in [1.54, 1.807) is 0 Å². The SMILES string of the molecule is CC[C@H]1CCCCN1C(=O)c1sc2cc(C)ccc2c1Cl. The smallest absolute Gasteiger partial charge is 0.265 e. The number of hydrogen-bond donors (Lipinski definition) is 0. The average Bonchev–Trinajstić information content (AvgIpc) is 2.82. The van der Waals surface area contributed by atoms with Crippen LogP contribution in [0.4, 0.5) is 0 Å². The van der Waals surface area contributed by atoms with Crippen molar-refractivity contribution in [3.8, 4) is 0 Å². The quantitative estimate of drug-likeness (QED) is 0.738. The minimum atomic E-state index is 0.116. The molecule has 0 N–H and O–H groups in total. The van der Waals surface area contributed by atoms with Crippen molar-refractivity contribution in [1.82, 2.24) is 4.90 Å². The lowest BCUT2D eigenvalue weighted by atomic mass is 10.00. The Hall–Kier alpha value is -1.06. The molecular formula is C17H20ClNOS. The van der Waals surface area contributed by atoms with Gasteiger partial charge in [-0.2, -0.15) is 0 Å². The minimum absolute atomic E-state index is 0.116. The number of halogens is 1. The summed E-state index contributed by atoms with van der Waals surface area (Å²) in [7, 11) is 0. The van der Waals surface area contributed by atoms with E-state index in [1.807, 2.05) is 17.0 Å². The molecule has 4 heteroatoms. The molecule has 1 atom stereocenters. The topological polar surface area (TPSA) is 20.3 Å². The van der Waals surface area contributed by atoms with Crippen LogP contribution in [0.25, 0.3) is 10.1 Å². The lowest BCUT2D eigenvalue weighted by molar-refractivity contribution is 0.0613. The van der Waals surface area contributed by atoms with Gasteiger partial charge in [0.05, 0.1) is 5.02 Å². The third-order valence-corrected chi connectivity index (χ3v) is 5.98. The molecule has 0 aliphatic carbocycles. The van der Waals surface area contributed by atoms with Crippen molar-refractivity contribution in [1.29, 1.82) is 0 Å². The summed E-state index contributed by atoms with van der Waals surface area (Å²) < 4.78 is 1.11. The second kappa shape index (κ2) is 5.98. The number of carbonyl (C=O) groups is 1. The predicted molar refractivity (Wildman–Crippen MR) is 90.5 cm³/mol. The van der Waals surface area contributed by atoms with Crippen LogP contribution >= 0.6 is 22.9 Å². The normalized spacial score (nSPS) is 19.2. The molecular weight excluding hydrogens is 302 g/mol.